The Hall–Kier alpha value is -0.610. The molecule has 0 aliphatic carbocycles. The van der Waals surface area contributed by atoms with Crippen LogP contribution in [0.2, 0.25) is 0 Å². The van der Waals surface area contributed by atoms with Crippen LogP contribution >= 0.6 is 0 Å². The van der Waals surface area contributed by atoms with Gasteiger partial charge in [-0.05, 0) is 18.9 Å². The van der Waals surface area contributed by atoms with E-state index in [0.29, 0.717) is 6.61 Å². The molecule has 0 aliphatic rings. The number of nitrogens with two attached hydrogens (primary N) is 1. The quantitative estimate of drug-likeness (QED) is 0.532. The minimum atomic E-state index is -0.415. The van der Waals surface area contributed by atoms with Gasteiger partial charge in [-0.1, -0.05) is 13.8 Å². The molecular formula is C9H20N2O2. The van der Waals surface area contributed by atoms with E-state index in [9.17, 15) is 4.79 Å². The van der Waals surface area contributed by atoms with Crippen molar-refractivity contribution in [3.05, 3.63) is 0 Å². The second-order valence-electron chi connectivity index (χ2n) is 3.45. The number of carbonyl (C=O) groups excluding carboxylic acids is 1. The molecule has 4 heteroatoms. The molecule has 0 saturated carbocycles. The first-order chi connectivity index (χ1) is 6.13. The minimum absolute atomic E-state index is 0.0197. The first-order valence-corrected chi connectivity index (χ1v) is 4.69. The van der Waals surface area contributed by atoms with Crippen molar-refractivity contribution in [2.75, 3.05) is 26.3 Å². The van der Waals surface area contributed by atoms with Gasteiger partial charge < -0.3 is 15.8 Å². The van der Waals surface area contributed by atoms with Crippen LogP contribution < -0.4 is 11.1 Å². The Morgan fingerprint density at radius 1 is 1.46 bits per heavy atom. The predicted octanol–water partition coefficient (Wildman–Crippen LogP) is 0.124. The number of rotatable bonds is 8. The maximum atomic E-state index is 10.3. The molecule has 0 fully saturated rings. The Labute approximate surface area is 79.8 Å². The molecule has 0 radical (unpaired) electrons. The number of carbonyl (C=O) groups is 1. The number of hydrogen-bond donors (Lipinski definition) is 2. The van der Waals surface area contributed by atoms with Crippen LogP contribution in [0.1, 0.15) is 20.3 Å². The molecule has 4 nitrogen and oxygen atoms in total. The third-order valence-electron chi connectivity index (χ3n) is 1.57. The highest BCUT2D eigenvalue weighted by Crippen LogP contribution is 1.95. The van der Waals surface area contributed by atoms with E-state index in [-0.39, 0.29) is 6.61 Å². The lowest BCUT2D eigenvalue weighted by Crippen LogP contribution is -2.25. The molecule has 0 unspecified atom stereocenters. The fourth-order valence-corrected chi connectivity index (χ4v) is 0.833. The Morgan fingerprint density at radius 3 is 2.69 bits per heavy atom. The summed E-state index contributed by atoms with van der Waals surface area (Å²) in [5, 5.41) is 3.21. The maximum absolute atomic E-state index is 10.3. The molecule has 0 bridgehead atoms. The molecule has 13 heavy (non-hydrogen) atoms. The third-order valence-corrected chi connectivity index (χ3v) is 1.57. The average Bonchev–Trinajstić information content (AvgIpc) is 2.01. The molecule has 0 spiro atoms. The number of primary amides is 1. The van der Waals surface area contributed by atoms with E-state index in [1.807, 2.05) is 0 Å². The monoisotopic (exact) mass is 188 g/mol. The van der Waals surface area contributed by atoms with Gasteiger partial charge in [-0.25, -0.2) is 0 Å². The van der Waals surface area contributed by atoms with Gasteiger partial charge in [0, 0.05) is 6.54 Å². The highest BCUT2D eigenvalue weighted by atomic mass is 16.5. The minimum Gasteiger partial charge on any atom is -0.370 e. The lowest BCUT2D eigenvalue weighted by molar-refractivity contribution is -0.122. The first-order valence-electron chi connectivity index (χ1n) is 4.69. The lowest BCUT2D eigenvalue weighted by Gasteiger charge is -2.06. The van der Waals surface area contributed by atoms with Crippen molar-refractivity contribution in [2.45, 2.75) is 20.3 Å². The third kappa shape index (κ3) is 11.4. The number of nitrogens with one attached hydrogen (secondary N) is 1. The van der Waals surface area contributed by atoms with Gasteiger partial charge in [0.05, 0.1) is 6.61 Å². The van der Waals surface area contributed by atoms with Crippen LogP contribution in [0.3, 0.4) is 0 Å². The summed E-state index contributed by atoms with van der Waals surface area (Å²) in [6.45, 7) is 6.71. The van der Waals surface area contributed by atoms with Crippen molar-refractivity contribution in [1.82, 2.24) is 5.32 Å². The standard InChI is InChI=1S/C9H20N2O2/c1-8(2)3-4-11-5-6-13-7-9(10)12/h8,11H,3-7H2,1-2H3,(H2,10,12). The summed E-state index contributed by atoms with van der Waals surface area (Å²) in [5.41, 5.74) is 4.89. The largest absolute Gasteiger partial charge is 0.370 e. The van der Waals surface area contributed by atoms with E-state index in [4.69, 9.17) is 10.5 Å². The van der Waals surface area contributed by atoms with E-state index in [2.05, 4.69) is 19.2 Å². The second kappa shape index (κ2) is 8.01. The molecular weight excluding hydrogens is 168 g/mol. The number of amides is 1. The Bertz CT molecular complexity index is 138. The van der Waals surface area contributed by atoms with Gasteiger partial charge in [-0.3, -0.25) is 4.79 Å². The van der Waals surface area contributed by atoms with Gasteiger partial charge in [-0.15, -0.1) is 0 Å². The normalized spacial score (nSPS) is 10.7. The van der Waals surface area contributed by atoms with E-state index < -0.39 is 5.91 Å². The van der Waals surface area contributed by atoms with E-state index in [1.165, 1.54) is 0 Å². The van der Waals surface area contributed by atoms with Crippen LogP contribution in [-0.2, 0) is 9.53 Å². The highest BCUT2D eigenvalue weighted by molar-refractivity contribution is 5.74. The topological polar surface area (TPSA) is 64.3 Å². The highest BCUT2D eigenvalue weighted by Gasteiger charge is 1.94. The zero-order valence-electron chi connectivity index (χ0n) is 8.51. The summed E-state index contributed by atoms with van der Waals surface area (Å²) in [7, 11) is 0. The van der Waals surface area contributed by atoms with Crippen molar-refractivity contribution in [3.63, 3.8) is 0 Å². The molecule has 3 N–H and O–H groups in total. The van der Waals surface area contributed by atoms with Gasteiger partial charge in [0.2, 0.25) is 5.91 Å². The summed E-state index contributed by atoms with van der Waals surface area (Å²) in [4.78, 5) is 10.3. The van der Waals surface area contributed by atoms with E-state index in [0.717, 1.165) is 25.4 Å². The maximum Gasteiger partial charge on any atom is 0.243 e. The summed E-state index contributed by atoms with van der Waals surface area (Å²) >= 11 is 0. The van der Waals surface area contributed by atoms with Gasteiger partial charge >= 0.3 is 0 Å². The van der Waals surface area contributed by atoms with Crippen LogP contribution in [0, 0.1) is 5.92 Å². The summed E-state index contributed by atoms with van der Waals surface area (Å²) in [5.74, 6) is 0.307. The predicted molar refractivity (Wildman–Crippen MR) is 52.3 cm³/mol. The fourth-order valence-electron chi connectivity index (χ4n) is 0.833. The van der Waals surface area contributed by atoms with Gasteiger partial charge in [0.15, 0.2) is 0 Å². The zero-order valence-corrected chi connectivity index (χ0v) is 8.51. The van der Waals surface area contributed by atoms with E-state index >= 15 is 0 Å². The van der Waals surface area contributed by atoms with E-state index in [1.54, 1.807) is 0 Å². The van der Waals surface area contributed by atoms with Crippen molar-refractivity contribution >= 4 is 5.91 Å². The molecule has 0 aromatic rings. The zero-order chi connectivity index (χ0) is 10.1. The average molecular weight is 188 g/mol. The van der Waals surface area contributed by atoms with Crippen molar-refractivity contribution < 1.29 is 9.53 Å². The smallest absolute Gasteiger partial charge is 0.243 e. The van der Waals surface area contributed by atoms with Crippen molar-refractivity contribution in [1.29, 1.82) is 0 Å². The summed E-state index contributed by atoms with van der Waals surface area (Å²) in [6.07, 6.45) is 1.16. The molecule has 78 valence electrons. The van der Waals surface area contributed by atoms with Crippen LogP contribution in [0.15, 0.2) is 0 Å². The molecule has 0 heterocycles. The number of hydrogen-bond acceptors (Lipinski definition) is 3. The Balaban J connectivity index is 2.96. The Morgan fingerprint density at radius 2 is 2.15 bits per heavy atom. The summed E-state index contributed by atoms with van der Waals surface area (Å²) < 4.78 is 4.97. The van der Waals surface area contributed by atoms with Crippen LogP contribution in [0.5, 0.6) is 0 Å². The molecule has 0 saturated heterocycles. The van der Waals surface area contributed by atoms with Crippen LogP contribution in [0.25, 0.3) is 0 Å². The van der Waals surface area contributed by atoms with Crippen molar-refractivity contribution in [3.8, 4) is 0 Å². The number of ether oxygens (including phenoxy) is 1. The van der Waals surface area contributed by atoms with Gasteiger partial charge in [0.1, 0.15) is 6.61 Å². The molecule has 0 aromatic carbocycles. The molecule has 1 amide bonds. The molecule has 0 aromatic heterocycles. The fraction of sp³-hybridized carbons (Fsp3) is 0.889. The van der Waals surface area contributed by atoms with Crippen molar-refractivity contribution in [2.24, 2.45) is 11.7 Å². The lowest BCUT2D eigenvalue weighted by atomic mass is 10.1. The molecule has 0 aliphatic heterocycles. The summed E-state index contributed by atoms with van der Waals surface area (Å²) in [6, 6.07) is 0. The molecule has 0 atom stereocenters. The SMILES string of the molecule is CC(C)CCNCCOCC(N)=O. The Kier molecular flexibility index (Phi) is 7.63. The second-order valence-corrected chi connectivity index (χ2v) is 3.45. The van der Waals surface area contributed by atoms with Gasteiger partial charge in [-0.2, -0.15) is 0 Å². The first kappa shape index (κ1) is 12.4. The van der Waals surface area contributed by atoms with Gasteiger partial charge in [0.25, 0.3) is 0 Å². The van der Waals surface area contributed by atoms with Crippen LogP contribution in [-0.4, -0.2) is 32.2 Å². The van der Waals surface area contributed by atoms with Crippen LogP contribution in [0.4, 0.5) is 0 Å². The molecule has 0 rings (SSSR count).